The third kappa shape index (κ3) is 4.83. The molecular weight excluding hydrogens is 400 g/mol. The zero-order valence-corrected chi connectivity index (χ0v) is 18.5. The van der Waals surface area contributed by atoms with Crippen LogP contribution in [-0.4, -0.2) is 28.9 Å². The molecule has 2 amide bonds. The van der Waals surface area contributed by atoms with Gasteiger partial charge in [-0.3, -0.25) is 9.59 Å². The highest BCUT2D eigenvalue weighted by Gasteiger charge is 2.40. The number of para-hydroxylation sites is 2. The molecule has 1 aliphatic heterocycles. The van der Waals surface area contributed by atoms with E-state index in [0.717, 1.165) is 11.1 Å². The van der Waals surface area contributed by atoms with Gasteiger partial charge in [-0.05, 0) is 37.1 Å². The van der Waals surface area contributed by atoms with Gasteiger partial charge in [0, 0.05) is 26.1 Å². The first kappa shape index (κ1) is 21.6. The number of fused-ring (bicyclic) bond motifs is 1. The van der Waals surface area contributed by atoms with Gasteiger partial charge in [-0.2, -0.15) is 0 Å². The number of amides is 2. The molecule has 5 nitrogen and oxygen atoms in total. The van der Waals surface area contributed by atoms with Crippen molar-refractivity contribution in [1.29, 1.82) is 0 Å². The monoisotopic (exact) mass is 428 g/mol. The molecule has 0 aromatic heterocycles. The molecule has 0 spiro atoms. The summed E-state index contributed by atoms with van der Waals surface area (Å²) in [5.41, 5.74) is 1.89. The number of hydrogen-bond donors (Lipinski definition) is 0. The summed E-state index contributed by atoms with van der Waals surface area (Å²) in [6.07, 6.45) is 0.232. The number of hydrogen-bond acceptors (Lipinski definition) is 3. The van der Waals surface area contributed by atoms with Crippen molar-refractivity contribution in [3.05, 3.63) is 96.1 Å². The van der Waals surface area contributed by atoms with Crippen molar-refractivity contribution in [2.75, 3.05) is 11.4 Å². The molecule has 164 valence electrons. The van der Waals surface area contributed by atoms with Crippen LogP contribution < -0.4 is 9.64 Å². The van der Waals surface area contributed by atoms with Gasteiger partial charge in [-0.15, -0.1) is 0 Å². The lowest BCUT2D eigenvalue weighted by Crippen LogP contribution is -2.53. The molecular formula is C27H28N2O3. The average Bonchev–Trinajstić information content (AvgIpc) is 2.80. The van der Waals surface area contributed by atoms with Crippen LogP contribution in [0.25, 0.3) is 0 Å². The normalized spacial score (nSPS) is 14.4. The molecule has 0 fully saturated rings. The fourth-order valence-corrected chi connectivity index (χ4v) is 3.95. The number of rotatable bonds is 7. The summed E-state index contributed by atoms with van der Waals surface area (Å²) in [4.78, 5) is 29.9. The minimum atomic E-state index is -0.967. The molecule has 5 heteroatoms. The van der Waals surface area contributed by atoms with Crippen molar-refractivity contribution >= 4 is 17.5 Å². The van der Waals surface area contributed by atoms with Crippen molar-refractivity contribution in [2.24, 2.45) is 0 Å². The topological polar surface area (TPSA) is 49.9 Å². The van der Waals surface area contributed by atoms with E-state index in [0.29, 0.717) is 31.1 Å². The Hall–Kier alpha value is -3.60. The van der Waals surface area contributed by atoms with Gasteiger partial charge in [0.25, 0.3) is 5.91 Å². The van der Waals surface area contributed by atoms with Crippen LogP contribution in [0.1, 0.15) is 31.4 Å². The van der Waals surface area contributed by atoms with Gasteiger partial charge in [-0.1, -0.05) is 72.8 Å². The Morgan fingerprint density at radius 2 is 1.38 bits per heavy atom. The number of nitrogens with zero attached hydrogens (tertiary/aromatic N) is 2. The van der Waals surface area contributed by atoms with Gasteiger partial charge >= 0.3 is 0 Å². The van der Waals surface area contributed by atoms with E-state index in [1.54, 1.807) is 18.7 Å². The maximum Gasteiger partial charge on any atom is 0.270 e. The van der Waals surface area contributed by atoms with Gasteiger partial charge in [0.15, 0.2) is 5.60 Å². The first-order chi connectivity index (χ1) is 15.4. The van der Waals surface area contributed by atoms with Crippen LogP contribution in [0.2, 0.25) is 0 Å². The SMILES string of the molecule is CC1(C)Oc2ccccc2N(CCC(=O)N(Cc2ccccc2)Cc2ccccc2)C1=O. The molecule has 1 aliphatic rings. The van der Waals surface area contributed by atoms with Crippen LogP contribution in [0.5, 0.6) is 5.75 Å². The highest BCUT2D eigenvalue weighted by molar-refractivity contribution is 6.02. The third-order valence-corrected chi connectivity index (χ3v) is 5.62. The number of anilines is 1. The van der Waals surface area contributed by atoms with Crippen LogP contribution in [0, 0.1) is 0 Å². The van der Waals surface area contributed by atoms with Gasteiger partial charge in [0.1, 0.15) is 5.75 Å². The lowest BCUT2D eigenvalue weighted by atomic mass is 10.0. The fraction of sp³-hybridized carbons (Fsp3) is 0.259. The number of benzene rings is 3. The van der Waals surface area contributed by atoms with Crippen molar-refractivity contribution in [1.82, 2.24) is 4.90 Å². The number of carbonyl (C=O) groups excluding carboxylic acids is 2. The molecule has 32 heavy (non-hydrogen) atoms. The average molecular weight is 429 g/mol. The van der Waals surface area contributed by atoms with Crippen molar-refractivity contribution < 1.29 is 14.3 Å². The summed E-state index contributed by atoms with van der Waals surface area (Å²) >= 11 is 0. The van der Waals surface area contributed by atoms with Crippen molar-refractivity contribution in [2.45, 2.75) is 39.0 Å². The summed E-state index contributed by atoms with van der Waals surface area (Å²) in [6.45, 7) is 4.87. The summed E-state index contributed by atoms with van der Waals surface area (Å²) in [7, 11) is 0. The lowest BCUT2D eigenvalue weighted by Gasteiger charge is -2.39. The van der Waals surface area contributed by atoms with Crippen LogP contribution in [0.15, 0.2) is 84.9 Å². The van der Waals surface area contributed by atoms with E-state index in [1.807, 2.05) is 89.8 Å². The maximum atomic E-state index is 13.3. The molecule has 0 aliphatic carbocycles. The molecule has 0 unspecified atom stereocenters. The Morgan fingerprint density at radius 1 is 0.844 bits per heavy atom. The third-order valence-electron chi connectivity index (χ3n) is 5.62. The zero-order chi connectivity index (χ0) is 22.6. The van der Waals surface area contributed by atoms with Crippen LogP contribution >= 0.6 is 0 Å². The van der Waals surface area contributed by atoms with E-state index in [2.05, 4.69) is 0 Å². The van der Waals surface area contributed by atoms with Gasteiger partial charge in [0.2, 0.25) is 5.91 Å². The second-order valence-corrected chi connectivity index (χ2v) is 8.51. The Bertz CT molecular complexity index is 1040. The minimum absolute atomic E-state index is 0.00675. The van der Waals surface area contributed by atoms with E-state index >= 15 is 0 Å². The molecule has 0 bridgehead atoms. The van der Waals surface area contributed by atoms with E-state index in [4.69, 9.17) is 4.74 Å². The van der Waals surface area contributed by atoms with E-state index < -0.39 is 5.60 Å². The molecule has 4 rings (SSSR count). The van der Waals surface area contributed by atoms with Crippen LogP contribution in [0.3, 0.4) is 0 Å². The van der Waals surface area contributed by atoms with Crippen molar-refractivity contribution in [3.8, 4) is 5.75 Å². The van der Waals surface area contributed by atoms with Crippen molar-refractivity contribution in [3.63, 3.8) is 0 Å². The summed E-state index contributed by atoms with van der Waals surface area (Å²) in [6, 6.07) is 27.4. The maximum absolute atomic E-state index is 13.3. The molecule has 3 aromatic carbocycles. The number of carbonyl (C=O) groups is 2. The zero-order valence-electron chi connectivity index (χ0n) is 18.5. The Morgan fingerprint density at radius 3 is 1.97 bits per heavy atom. The summed E-state index contributed by atoms with van der Waals surface area (Å²) < 4.78 is 5.89. The first-order valence-corrected chi connectivity index (χ1v) is 10.9. The predicted molar refractivity (Wildman–Crippen MR) is 125 cm³/mol. The summed E-state index contributed by atoms with van der Waals surface area (Å²) in [5, 5.41) is 0. The van der Waals surface area contributed by atoms with Crippen LogP contribution in [0.4, 0.5) is 5.69 Å². The summed E-state index contributed by atoms with van der Waals surface area (Å²) in [5.74, 6) is 0.531. The van der Waals surface area contributed by atoms with E-state index in [9.17, 15) is 9.59 Å². The molecule has 0 atom stereocenters. The van der Waals surface area contributed by atoms with E-state index in [1.165, 1.54) is 0 Å². The standard InChI is InChI=1S/C27H28N2O3/c1-27(2)26(31)29(23-15-9-10-16-24(23)32-27)18-17-25(30)28(19-21-11-5-3-6-12-21)20-22-13-7-4-8-14-22/h3-16H,17-20H2,1-2H3. The minimum Gasteiger partial charge on any atom is -0.476 e. The number of ether oxygens (including phenoxy) is 1. The Balaban J connectivity index is 1.52. The van der Waals surface area contributed by atoms with Crippen LogP contribution in [-0.2, 0) is 22.7 Å². The van der Waals surface area contributed by atoms with Gasteiger partial charge in [0.05, 0.1) is 5.69 Å². The first-order valence-electron chi connectivity index (χ1n) is 10.9. The predicted octanol–water partition coefficient (Wildman–Crippen LogP) is 4.81. The van der Waals surface area contributed by atoms with Gasteiger partial charge < -0.3 is 14.5 Å². The lowest BCUT2D eigenvalue weighted by molar-refractivity contribution is -0.134. The fourth-order valence-electron chi connectivity index (χ4n) is 3.95. The Kier molecular flexibility index (Phi) is 6.26. The largest absolute Gasteiger partial charge is 0.476 e. The Labute approximate surface area is 189 Å². The molecule has 0 saturated heterocycles. The molecule has 0 saturated carbocycles. The van der Waals surface area contributed by atoms with Gasteiger partial charge in [-0.25, -0.2) is 0 Å². The van der Waals surface area contributed by atoms with E-state index in [-0.39, 0.29) is 18.2 Å². The highest BCUT2D eigenvalue weighted by Crippen LogP contribution is 2.37. The molecule has 0 radical (unpaired) electrons. The molecule has 1 heterocycles. The smallest absolute Gasteiger partial charge is 0.270 e. The second kappa shape index (κ2) is 9.27. The molecule has 0 N–H and O–H groups in total. The molecule has 3 aromatic rings. The quantitative estimate of drug-likeness (QED) is 0.543. The highest BCUT2D eigenvalue weighted by atomic mass is 16.5. The second-order valence-electron chi connectivity index (χ2n) is 8.51.